The molecule has 2 amide bonds. The van der Waals surface area contributed by atoms with E-state index in [0.29, 0.717) is 22.2 Å². The normalized spacial score (nSPS) is 15.1. The zero-order valence-electron chi connectivity index (χ0n) is 17.9. The van der Waals surface area contributed by atoms with Crippen LogP contribution in [0.5, 0.6) is 0 Å². The number of carbonyl (C=O) groups is 2. The average molecular weight is 429 g/mol. The van der Waals surface area contributed by atoms with Gasteiger partial charge in [0.05, 0.1) is 28.5 Å². The molecule has 1 aliphatic rings. The second-order valence-corrected chi connectivity index (χ2v) is 8.78. The SMILES string of the molecule is Cn1ncc2cc(-n3c(=O)c(C(N)=O)cc4ccc(C5(C)CCC5)c(C(N)=O)c43)ccc21. The molecular formula is C24H23N5O3. The van der Waals surface area contributed by atoms with Gasteiger partial charge in [-0.25, -0.2) is 0 Å². The monoisotopic (exact) mass is 429 g/mol. The highest BCUT2D eigenvalue weighted by atomic mass is 16.2. The molecule has 4 N–H and O–H groups in total. The first-order valence-corrected chi connectivity index (χ1v) is 10.5. The summed E-state index contributed by atoms with van der Waals surface area (Å²) in [5.74, 6) is -1.44. The van der Waals surface area contributed by atoms with Crippen molar-refractivity contribution in [2.75, 3.05) is 0 Å². The van der Waals surface area contributed by atoms with Crippen LogP contribution in [0.3, 0.4) is 0 Å². The number of benzene rings is 2. The summed E-state index contributed by atoms with van der Waals surface area (Å²) in [5.41, 5.74) is 13.4. The third kappa shape index (κ3) is 2.76. The number of amides is 2. The first kappa shape index (κ1) is 20.0. The van der Waals surface area contributed by atoms with Gasteiger partial charge in [-0.15, -0.1) is 0 Å². The van der Waals surface area contributed by atoms with Crippen LogP contribution in [0.15, 0.2) is 47.4 Å². The van der Waals surface area contributed by atoms with Crippen LogP contribution in [-0.4, -0.2) is 26.2 Å². The minimum atomic E-state index is -0.830. The first-order chi connectivity index (χ1) is 15.2. The Morgan fingerprint density at radius 2 is 1.78 bits per heavy atom. The number of aryl methyl sites for hydroxylation is 1. The summed E-state index contributed by atoms with van der Waals surface area (Å²) in [6, 6.07) is 10.6. The van der Waals surface area contributed by atoms with E-state index in [1.807, 2.05) is 25.2 Å². The number of pyridine rings is 1. The van der Waals surface area contributed by atoms with Crippen molar-refractivity contribution in [1.29, 1.82) is 0 Å². The number of rotatable bonds is 4. The second-order valence-electron chi connectivity index (χ2n) is 8.78. The van der Waals surface area contributed by atoms with Crippen molar-refractivity contribution >= 4 is 33.6 Å². The second kappa shape index (κ2) is 6.78. The van der Waals surface area contributed by atoms with E-state index < -0.39 is 17.4 Å². The average Bonchev–Trinajstić information content (AvgIpc) is 3.10. The number of nitrogens with two attached hydrogens (primary N) is 2. The molecule has 0 unspecified atom stereocenters. The lowest BCUT2D eigenvalue weighted by Crippen LogP contribution is -2.35. The summed E-state index contributed by atoms with van der Waals surface area (Å²) in [5, 5.41) is 5.62. The molecule has 8 heteroatoms. The highest BCUT2D eigenvalue weighted by molar-refractivity contribution is 6.08. The predicted molar refractivity (Wildman–Crippen MR) is 122 cm³/mol. The quantitative estimate of drug-likeness (QED) is 0.517. The van der Waals surface area contributed by atoms with Gasteiger partial charge < -0.3 is 11.5 Å². The van der Waals surface area contributed by atoms with Crippen LogP contribution >= 0.6 is 0 Å². The zero-order valence-corrected chi connectivity index (χ0v) is 17.9. The molecule has 1 fully saturated rings. The molecule has 162 valence electrons. The maximum Gasteiger partial charge on any atom is 0.268 e. The van der Waals surface area contributed by atoms with Crippen molar-refractivity contribution in [3.05, 3.63) is 69.6 Å². The van der Waals surface area contributed by atoms with Crippen LogP contribution in [0, 0.1) is 0 Å². The Morgan fingerprint density at radius 3 is 2.41 bits per heavy atom. The molecule has 0 atom stereocenters. The van der Waals surface area contributed by atoms with Gasteiger partial charge in [0.2, 0.25) is 0 Å². The molecule has 4 aromatic rings. The van der Waals surface area contributed by atoms with E-state index in [2.05, 4.69) is 12.0 Å². The van der Waals surface area contributed by atoms with Crippen molar-refractivity contribution in [2.45, 2.75) is 31.6 Å². The molecule has 2 aromatic carbocycles. The molecule has 0 saturated heterocycles. The Kier molecular flexibility index (Phi) is 4.24. The Balaban J connectivity index is 1.95. The maximum absolute atomic E-state index is 13.5. The summed E-state index contributed by atoms with van der Waals surface area (Å²) in [7, 11) is 1.83. The van der Waals surface area contributed by atoms with Gasteiger partial charge in [0.1, 0.15) is 5.56 Å². The smallest absolute Gasteiger partial charge is 0.268 e. The maximum atomic E-state index is 13.5. The summed E-state index contributed by atoms with van der Waals surface area (Å²) < 4.78 is 3.11. The van der Waals surface area contributed by atoms with Gasteiger partial charge in [-0.1, -0.05) is 25.5 Å². The number of hydrogen-bond acceptors (Lipinski definition) is 4. The van der Waals surface area contributed by atoms with Crippen LogP contribution < -0.4 is 17.0 Å². The lowest BCUT2D eigenvalue weighted by molar-refractivity contribution is 0.0991. The third-order valence-corrected chi connectivity index (χ3v) is 6.77. The van der Waals surface area contributed by atoms with Crippen LogP contribution in [-0.2, 0) is 12.5 Å². The topological polar surface area (TPSA) is 126 Å². The molecule has 1 aliphatic carbocycles. The van der Waals surface area contributed by atoms with E-state index in [1.165, 1.54) is 10.6 Å². The Labute approximate surface area is 183 Å². The van der Waals surface area contributed by atoms with Crippen LogP contribution in [0.2, 0.25) is 0 Å². The zero-order chi connectivity index (χ0) is 22.8. The van der Waals surface area contributed by atoms with Crippen molar-refractivity contribution < 1.29 is 9.59 Å². The molecule has 0 radical (unpaired) electrons. The summed E-state index contributed by atoms with van der Waals surface area (Å²) in [6.45, 7) is 2.10. The van der Waals surface area contributed by atoms with E-state index in [4.69, 9.17) is 11.5 Å². The fraction of sp³-hybridized carbons (Fsp3) is 0.250. The van der Waals surface area contributed by atoms with Gasteiger partial charge in [-0.05, 0) is 48.1 Å². The lowest BCUT2D eigenvalue weighted by atomic mass is 9.64. The first-order valence-electron chi connectivity index (χ1n) is 10.5. The van der Waals surface area contributed by atoms with Gasteiger partial charge in [-0.3, -0.25) is 23.6 Å². The Morgan fingerprint density at radius 1 is 1.03 bits per heavy atom. The van der Waals surface area contributed by atoms with Crippen molar-refractivity contribution in [3.8, 4) is 5.69 Å². The minimum Gasteiger partial charge on any atom is -0.366 e. The summed E-state index contributed by atoms with van der Waals surface area (Å²) in [6.07, 6.45) is 4.63. The van der Waals surface area contributed by atoms with E-state index in [9.17, 15) is 14.4 Å². The molecule has 0 spiro atoms. The molecule has 8 nitrogen and oxygen atoms in total. The molecular weight excluding hydrogens is 406 g/mol. The van der Waals surface area contributed by atoms with Crippen LogP contribution in [0.25, 0.3) is 27.5 Å². The number of hydrogen-bond donors (Lipinski definition) is 2. The molecule has 32 heavy (non-hydrogen) atoms. The summed E-state index contributed by atoms with van der Waals surface area (Å²) in [4.78, 5) is 38.3. The van der Waals surface area contributed by atoms with E-state index >= 15 is 0 Å². The molecule has 0 aliphatic heterocycles. The highest BCUT2D eigenvalue weighted by Gasteiger charge is 2.37. The molecule has 2 aromatic heterocycles. The van der Waals surface area contributed by atoms with E-state index in [0.717, 1.165) is 35.7 Å². The minimum absolute atomic E-state index is 0.151. The highest BCUT2D eigenvalue weighted by Crippen LogP contribution is 2.45. The molecule has 5 rings (SSSR count). The predicted octanol–water partition coefficient (Wildman–Crippen LogP) is 2.52. The van der Waals surface area contributed by atoms with Gasteiger partial charge in [0.15, 0.2) is 0 Å². The van der Waals surface area contributed by atoms with Crippen molar-refractivity contribution in [2.24, 2.45) is 18.5 Å². The van der Waals surface area contributed by atoms with Gasteiger partial charge in [0.25, 0.3) is 17.4 Å². The van der Waals surface area contributed by atoms with Crippen molar-refractivity contribution in [3.63, 3.8) is 0 Å². The standard InChI is InChI=1S/C24H23N5O3/c1-24(8-3-9-24)17-6-4-13-11-16(21(25)30)23(32)29(20(13)19(17)22(26)31)15-5-7-18-14(10-15)12-27-28(18)2/h4-7,10-12H,3,8-9H2,1-2H3,(H2,25,30)(H2,26,31). The summed E-state index contributed by atoms with van der Waals surface area (Å²) >= 11 is 0. The fourth-order valence-electron chi connectivity index (χ4n) is 4.85. The number of nitrogens with zero attached hydrogens (tertiary/aromatic N) is 3. The third-order valence-electron chi connectivity index (χ3n) is 6.77. The van der Waals surface area contributed by atoms with Gasteiger partial charge in [-0.2, -0.15) is 5.10 Å². The molecule has 2 heterocycles. The van der Waals surface area contributed by atoms with Gasteiger partial charge in [0, 0.05) is 17.8 Å². The van der Waals surface area contributed by atoms with E-state index in [-0.39, 0.29) is 11.0 Å². The largest absolute Gasteiger partial charge is 0.366 e. The van der Waals surface area contributed by atoms with Crippen LogP contribution in [0.1, 0.15) is 52.5 Å². The molecule has 0 bridgehead atoms. The van der Waals surface area contributed by atoms with Crippen molar-refractivity contribution in [1.82, 2.24) is 14.3 Å². The molecule has 1 saturated carbocycles. The number of fused-ring (bicyclic) bond motifs is 2. The Bertz CT molecular complexity index is 1510. The van der Waals surface area contributed by atoms with Crippen LogP contribution in [0.4, 0.5) is 0 Å². The van der Waals surface area contributed by atoms with E-state index in [1.54, 1.807) is 23.0 Å². The Hall–Kier alpha value is -3.94. The van der Waals surface area contributed by atoms with Gasteiger partial charge >= 0.3 is 0 Å². The number of carbonyl (C=O) groups excluding carboxylic acids is 2. The fourth-order valence-corrected chi connectivity index (χ4v) is 4.85. The number of aromatic nitrogens is 3. The lowest BCUT2D eigenvalue weighted by Gasteiger charge is -2.40. The number of primary amides is 2.